The zero-order valence-corrected chi connectivity index (χ0v) is 16.6. The van der Waals surface area contributed by atoms with Gasteiger partial charge in [0, 0.05) is 26.2 Å². The fraction of sp³-hybridized carbons (Fsp3) is 0.438. The third kappa shape index (κ3) is 4.81. The zero-order valence-electron chi connectivity index (χ0n) is 14.2. The number of ether oxygens (including phenoxy) is 1. The van der Waals surface area contributed by atoms with Crippen LogP contribution in [0.25, 0.3) is 10.2 Å². The molecule has 0 radical (unpaired) electrons. The van der Waals surface area contributed by atoms with Crippen molar-refractivity contribution < 1.29 is 9.53 Å². The molecule has 1 N–H and O–H groups in total. The Morgan fingerprint density at radius 1 is 1.40 bits per heavy atom. The highest BCUT2D eigenvalue weighted by Gasteiger charge is 2.18. The lowest BCUT2D eigenvalue weighted by Crippen LogP contribution is -2.46. The summed E-state index contributed by atoms with van der Waals surface area (Å²) in [5.41, 5.74) is 0.849. The maximum atomic E-state index is 12.2. The molecule has 1 saturated heterocycles. The third-order valence-corrected chi connectivity index (χ3v) is 6.39. The molecule has 0 atom stereocenters. The summed E-state index contributed by atoms with van der Waals surface area (Å²) in [6.45, 7) is 3.84. The molecule has 1 aromatic heterocycles. The normalized spacial score (nSPS) is 15.4. The standard InChI is InChI=1S/C16H20N4O2S3/c1-19-5-7-20(8-6-19)16(23)24-10-14(21)18-15-17-12-4-3-11(22-2)9-13(12)25-15/h3-4,9H,5-8,10H2,1-2H3,(H,17,18,21). The number of rotatable bonds is 4. The Bertz CT molecular complexity index is 772. The van der Waals surface area contributed by atoms with Crippen molar-refractivity contribution in [2.45, 2.75) is 0 Å². The van der Waals surface area contributed by atoms with Crippen molar-refractivity contribution in [3.05, 3.63) is 18.2 Å². The Kier molecular flexibility index (Phi) is 6.10. The number of thiocarbonyl (C=S) groups is 1. The van der Waals surface area contributed by atoms with Gasteiger partial charge in [0.2, 0.25) is 5.91 Å². The smallest absolute Gasteiger partial charge is 0.236 e. The second-order valence-electron chi connectivity index (χ2n) is 5.75. The molecule has 6 nitrogen and oxygen atoms in total. The molecule has 134 valence electrons. The number of carbonyl (C=O) groups is 1. The van der Waals surface area contributed by atoms with Crippen LogP contribution < -0.4 is 10.1 Å². The van der Waals surface area contributed by atoms with Crippen molar-refractivity contribution in [1.82, 2.24) is 14.8 Å². The van der Waals surface area contributed by atoms with E-state index in [9.17, 15) is 4.79 Å². The molecule has 0 aliphatic carbocycles. The van der Waals surface area contributed by atoms with Crippen molar-refractivity contribution in [2.24, 2.45) is 0 Å². The van der Waals surface area contributed by atoms with E-state index in [1.807, 2.05) is 18.2 Å². The molecule has 0 bridgehead atoms. The Morgan fingerprint density at radius 2 is 2.16 bits per heavy atom. The topological polar surface area (TPSA) is 57.7 Å². The summed E-state index contributed by atoms with van der Waals surface area (Å²) in [7, 11) is 3.74. The summed E-state index contributed by atoms with van der Waals surface area (Å²) in [5, 5.41) is 3.45. The number of thiazole rings is 1. The number of hydrogen-bond acceptors (Lipinski definition) is 7. The molecular formula is C16H20N4O2S3. The maximum Gasteiger partial charge on any atom is 0.236 e. The van der Waals surface area contributed by atoms with Crippen LogP contribution in [0.3, 0.4) is 0 Å². The number of amides is 1. The summed E-state index contributed by atoms with van der Waals surface area (Å²) >= 11 is 8.28. The van der Waals surface area contributed by atoms with Crippen molar-refractivity contribution in [2.75, 3.05) is 51.4 Å². The fourth-order valence-electron chi connectivity index (χ4n) is 2.45. The van der Waals surface area contributed by atoms with Gasteiger partial charge >= 0.3 is 0 Å². The predicted molar refractivity (Wildman–Crippen MR) is 109 cm³/mol. The molecule has 1 aliphatic heterocycles. The van der Waals surface area contributed by atoms with E-state index in [0.29, 0.717) is 10.9 Å². The molecule has 2 heterocycles. The lowest BCUT2D eigenvalue weighted by molar-refractivity contribution is -0.113. The van der Waals surface area contributed by atoms with Crippen LogP contribution in [-0.4, -0.2) is 71.1 Å². The Hall–Kier alpha value is -1.42. The molecule has 0 spiro atoms. The quantitative estimate of drug-likeness (QED) is 0.797. The lowest BCUT2D eigenvalue weighted by atomic mass is 10.3. The SMILES string of the molecule is COc1ccc2nc(NC(=O)CSC(=S)N3CCN(C)CC3)sc2c1. The van der Waals surface area contributed by atoms with Gasteiger partial charge in [-0.2, -0.15) is 0 Å². The Morgan fingerprint density at radius 3 is 2.88 bits per heavy atom. The molecular weight excluding hydrogens is 376 g/mol. The number of nitrogens with one attached hydrogen (secondary N) is 1. The van der Waals surface area contributed by atoms with Crippen molar-refractivity contribution in [1.29, 1.82) is 0 Å². The van der Waals surface area contributed by atoms with Gasteiger partial charge < -0.3 is 19.9 Å². The Labute approximate surface area is 160 Å². The minimum Gasteiger partial charge on any atom is -0.497 e. The van der Waals surface area contributed by atoms with Crippen LogP contribution in [0.1, 0.15) is 0 Å². The van der Waals surface area contributed by atoms with Crippen LogP contribution in [0.2, 0.25) is 0 Å². The largest absolute Gasteiger partial charge is 0.497 e. The van der Waals surface area contributed by atoms with E-state index in [4.69, 9.17) is 17.0 Å². The number of aromatic nitrogens is 1. The number of fused-ring (bicyclic) bond motifs is 1. The highest BCUT2D eigenvalue weighted by molar-refractivity contribution is 8.23. The van der Waals surface area contributed by atoms with Gasteiger partial charge in [-0.1, -0.05) is 35.3 Å². The highest BCUT2D eigenvalue weighted by Crippen LogP contribution is 2.29. The van der Waals surface area contributed by atoms with Crippen molar-refractivity contribution >= 4 is 60.9 Å². The number of piperazine rings is 1. The molecule has 1 aromatic carbocycles. The van der Waals surface area contributed by atoms with E-state index in [2.05, 4.69) is 27.1 Å². The first kappa shape index (κ1) is 18.4. The van der Waals surface area contributed by atoms with Gasteiger partial charge in [0.1, 0.15) is 10.1 Å². The summed E-state index contributed by atoms with van der Waals surface area (Å²) in [6.07, 6.45) is 0. The van der Waals surface area contributed by atoms with Gasteiger partial charge in [-0.25, -0.2) is 4.98 Å². The van der Waals surface area contributed by atoms with Crippen molar-refractivity contribution in [3.8, 4) is 5.75 Å². The van der Waals surface area contributed by atoms with Gasteiger partial charge in [0.15, 0.2) is 5.13 Å². The summed E-state index contributed by atoms with van der Waals surface area (Å²) in [6, 6.07) is 5.66. The first-order chi connectivity index (χ1) is 12.0. The van der Waals surface area contributed by atoms with Gasteiger partial charge in [-0.15, -0.1) is 0 Å². The van der Waals surface area contributed by atoms with E-state index in [-0.39, 0.29) is 5.91 Å². The van der Waals surface area contributed by atoms with Gasteiger partial charge in [0.05, 0.1) is 23.1 Å². The van der Waals surface area contributed by atoms with Crippen LogP contribution >= 0.6 is 35.3 Å². The molecule has 1 fully saturated rings. The average Bonchev–Trinajstić information content (AvgIpc) is 3.01. The molecule has 2 aromatic rings. The summed E-state index contributed by atoms with van der Waals surface area (Å²) < 4.78 is 6.98. The van der Waals surface area contributed by atoms with Crippen LogP contribution in [-0.2, 0) is 4.79 Å². The summed E-state index contributed by atoms with van der Waals surface area (Å²) in [5.74, 6) is 0.986. The molecule has 9 heteroatoms. The highest BCUT2D eigenvalue weighted by atomic mass is 32.2. The van der Waals surface area contributed by atoms with E-state index in [1.165, 1.54) is 23.1 Å². The van der Waals surface area contributed by atoms with Gasteiger partial charge in [0.25, 0.3) is 0 Å². The monoisotopic (exact) mass is 396 g/mol. The van der Waals surface area contributed by atoms with Crippen LogP contribution in [0.5, 0.6) is 5.75 Å². The van der Waals surface area contributed by atoms with Gasteiger partial charge in [-0.3, -0.25) is 4.79 Å². The minimum atomic E-state index is -0.0903. The lowest BCUT2D eigenvalue weighted by Gasteiger charge is -2.33. The van der Waals surface area contributed by atoms with Crippen LogP contribution in [0, 0.1) is 0 Å². The average molecular weight is 397 g/mol. The zero-order chi connectivity index (χ0) is 17.8. The molecule has 25 heavy (non-hydrogen) atoms. The molecule has 1 amide bonds. The van der Waals surface area contributed by atoms with E-state index in [1.54, 1.807) is 7.11 Å². The minimum absolute atomic E-state index is 0.0903. The number of nitrogens with zero attached hydrogens (tertiary/aromatic N) is 3. The molecule has 3 rings (SSSR count). The van der Waals surface area contributed by atoms with E-state index in [0.717, 1.165) is 46.5 Å². The number of hydrogen-bond donors (Lipinski definition) is 1. The number of methoxy groups -OCH3 is 1. The van der Waals surface area contributed by atoms with Crippen LogP contribution in [0.15, 0.2) is 18.2 Å². The second-order valence-corrected chi connectivity index (χ2v) is 8.39. The maximum absolute atomic E-state index is 12.2. The number of thioether (sulfide) groups is 1. The van der Waals surface area contributed by atoms with E-state index >= 15 is 0 Å². The molecule has 0 saturated carbocycles. The van der Waals surface area contributed by atoms with Crippen LogP contribution in [0.4, 0.5) is 5.13 Å². The second kappa shape index (κ2) is 8.31. The first-order valence-electron chi connectivity index (χ1n) is 7.90. The molecule has 1 aliphatic rings. The Balaban J connectivity index is 1.51. The van der Waals surface area contributed by atoms with E-state index < -0.39 is 0 Å². The number of carbonyl (C=O) groups excluding carboxylic acids is 1. The van der Waals surface area contributed by atoms with Gasteiger partial charge in [-0.05, 0) is 25.2 Å². The molecule has 0 unspecified atom stereocenters. The number of benzene rings is 1. The third-order valence-electron chi connectivity index (χ3n) is 3.93. The summed E-state index contributed by atoms with van der Waals surface area (Å²) in [4.78, 5) is 21.0. The fourth-order valence-corrected chi connectivity index (χ4v) is 4.41. The number of likely N-dealkylation sites (N-methyl/N-ethyl adjacent to an activating group) is 1. The number of anilines is 1. The first-order valence-corrected chi connectivity index (χ1v) is 10.1. The predicted octanol–water partition coefficient (Wildman–Crippen LogP) is 2.51. The van der Waals surface area contributed by atoms with Crippen molar-refractivity contribution in [3.63, 3.8) is 0 Å².